The predicted molar refractivity (Wildman–Crippen MR) is 157 cm³/mol. The third-order valence-corrected chi connectivity index (χ3v) is 10.2. The van der Waals surface area contributed by atoms with E-state index in [9.17, 15) is 18.8 Å². The first-order valence-electron chi connectivity index (χ1n) is 13.8. The normalized spacial score (nSPS) is 22.9. The van der Waals surface area contributed by atoms with Crippen LogP contribution < -0.4 is 26.6 Å². The lowest BCUT2D eigenvalue weighted by Crippen LogP contribution is -2.36. The van der Waals surface area contributed by atoms with Gasteiger partial charge in [-0.1, -0.05) is 6.42 Å². The van der Waals surface area contributed by atoms with E-state index in [4.69, 9.17) is 0 Å². The van der Waals surface area contributed by atoms with Crippen LogP contribution in [-0.4, -0.2) is 68.5 Å². The Balaban J connectivity index is 0.922. The molecule has 2 aromatic heterocycles. The van der Waals surface area contributed by atoms with E-state index in [1.807, 2.05) is 11.8 Å². The van der Waals surface area contributed by atoms with Crippen molar-refractivity contribution < 1.29 is 18.8 Å². The van der Waals surface area contributed by atoms with Crippen molar-refractivity contribution in [1.29, 1.82) is 0 Å². The molecule has 216 valence electrons. The average molecular weight is 599 g/mol. The number of thiazole rings is 1. The maximum Gasteiger partial charge on any atom is 0.315 e. The van der Waals surface area contributed by atoms with Gasteiger partial charge < -0.3 is 26.6 Å². The molecule has 2 aliphatic heterocycles. The van der Waals surface area contributed by atoms with Gasteiger partial charge in [0.15, 0.2) is 5.13 Å². The second-order valence-corrected chi connectivity index (χ2v) is 12.9. The Bertz CT molecular complexity index is 1470. The van der Waals surface area contributed by atoms with Crippen molar-refractivity contribution >= 4 is 62.8 Å². The van der Waals surface area contributed by atoms with Gasteiger partial charge in [0.25, 0.3) is 0 Å². The zero-order chi connectivity index (χ0) is 28.3. The van der Waals surface area contributed by atoms with Crippen molar-refractivity contribution in [1.82, 2.24) is 30.9 Å². The number of benzene rings is 1. The highest BCUT2D eigenvalue weighted by Gasteiger charge is 2.42. The molecule has 5 N–H and O–H groups in total. The maximum absolute atomic E-state index is 13.8. The van der Waals surface area contributed by atoms with Gasteiger partial charge in [0.2, 0.25) is 11.8 Å². The first kappa shape index (κ1) is 27.6. The first-order chi connectivity index (χ1) is 19.9. The summed E-state index contributed by atoms with van der Waals surface area (Å²) >= 11 is 3.30. The van der Waals surface area contributed by atoms with Crippen LogP contribution in [0, 0.1) is 5.82 Å². The Labute approximate surface area is 244 Å². The number of unbranched alkanes of at least 4 members (excludes halogenated alkanes) is 1. The van der Waals surface area contributed by atoms with Crippen molar-refractivity contribution in [3.63, 3.8) is 0 Å². The molecule has 0 spiro atoms. The number of urea groups is 1. The average Bonchev–Trinajstić information content (AvgIpc) is 3.64. The largest absolute Gasteiger partial charge is 0.366 e. The van der Waals surface area contributed by atoms with Crippen molar-refractivity contribution in [2.45, 2.75) is 68.3 Å². The Morgan fingerprint density at radius 1 is 1.15 bits per heavy atom. The number of nitrogens with one attached hydrogen (secondary N) is 5. The fraction of sp³-hybridized carbons (Fsp3) is 0.481. The molecule has 2 saturated heterocycles. The van der Waals surface area contributed by atoms with E-state index in [1.165, 1.54) is 29.8 Å². The number of nitrogens with zero attached hydrogens (tertiary/aromatic N) is 3. The van der Waals surface area contributed by atoms with Crippen LogP contribution in [0.3, 0.4) is 0 Å². The molecule has 14 heteroatoms. The van der Waals surface area contributed by atoms with Crippen LogP contribution in [0.25, 0.3) is 10.9 Å². The molecule has 41 heavy (non-hydrogen) atoms. The highest BCUT2D eigenvalue weighted by atomic mass is 32.2. The van der Waals surface area contributed by atoms with Crippen LogP contribution >= 0.6 is 23.1 Å². The third kappa shape index (κ3) is 6.53. The first-order valence-corrected chi connectivity index (χ1v) is 15.7. The zero-order valence-electron chi connectivity index (χ0n) is 22.2. The molecule has 0 bridgehead atoms. The summed E-state index contributed by atoms with van der Waals surface area (Å²) in [6.07, 6.45) is 6.68. The topological polar surface area (TPSA) is 150 Å². The standard InChI is InChI=1S/C27H31FN8O3S2/c28-14-5-7-17-16(9-14)25(31-13-30-17)32-15-6-8-18-21(10-15)41-27(34-18)35-23(38)11-29-22(37)4-2-1-3-20-24-19(12-40-20)33-26(39)36-24/h5,7,9,13,15,19-20,24H,1-4,6,8,10-12H2,(H,29,37)(H,30,31,32)(H2,33,36,39)(H,34,35,38). The Morgan fingerprint density at radius 3 is 2.95 bits per heavy atom. The van der Waals surface area contributed by atoms with E-state index in [0.29, 0.717) is 39.9 Å². The van der Waals surface area contributed by atoms with Gasteiger partial charge in [-0.3, -0.25) is 9.59 Å². The number of amides is 4. The van der Waals surface area contributed by atoms with E-state index in [1.54, 1.807) is 6.07 Å². The van der Waals surface area contributed by atoms with E-state index in [0.717, 1.165) is 48.4 Å². The van der Waals surface area contributed by atoms with Crippen LogP contribution in [0.4, 0.5) is 20.1 Å². The molecular formula is C27H31FN8O3S2. The smallest absolute Gasteiger partial charge is 0.315 e. The molecule has 6 rings (SSSR count). The summed E-state index contributed by atoms with van der Waals surface area (Å²) < 4.78 is 13.8. The van der Waals surface area contributed by atoms with Crippen molar-refractivity contribution in [3.05, 3.63) is 40.9 Å². The van der Waals surface area contributed by atoms with Crippen molar-refractivity contribution in [2.75, 3.05) is 22.9 Å². The summed E-state index contributed by atoms with van der Waals surface area (Å²) in [4.78, 5) is 50.4. The molecule has 4 heterocycles. The van der Waals surface area contributed by atoms with E-state index >= 15 is 0 Å². The molecule has 3 aliphatic rings. The van der Waals surface area contributed by atoms with Crippen molar-refractivity contribution in [3.8, 4) is 0 Å². The maximum atomic E-state index is 13.8. The monoisotopic (exact) mass is 598 g/mol. The number of aromatic nitrogens is 3. The van der Waals surface area contributed by atoms with Crippen molar-refractivity contribution in [2.24, 2.45) is 0 Å². The number of fused-ring (bicyclic) bond motifs is 3. The zero-order valence-corrected chi connectivity index (χ0v) is 23.9. The summed E-state index contributed by atoms with van der Waals surface area (Å²) in [5, 5.41) is 16.4. The molecule has 0 radical (unpaired) electrons. The number of thioether (sulfide) groups is 1. The van der Waals surface area contributed by atoms with Gasteiger partial charge in [0, 0.05) is 40.1 Å². The minimum absolute atomic E-state index is 0.0896. The SMILES string of the molecule is O=C(CCCCC1SCC2NC(=O)NC21)NCC(=O)Nc1nc2c(s1)CC(Nc1ncnc3ccc(F)cc13)CC2. The molecule has 2 fully saturated rings. The van der Waals surface area contributed by atoms with E-state index in [2.05, 4.69) is 41.5 Å². The fourth-order valence-electron chi connectivity index (χ4n) is 5.59. The number of aryl methyl sites for hydroxylation is 1. The molecule has 3 aromatic rings. The minimum Gasteiger partial charge on any atom is -0.366 e. The third-order valence-electron chi connectivity index (χ3n) is 7.65. The van der Waals surface area contributed by atoms with Gasteiger partial charge in [-0.25, -0.2) is 24.1 Å². The molecular weight excluding hydrogens is 567 g/mol. The highest BCUT2D eigenvalue weighted by molar-refractivity contribution is 8.00. The van der Waals surface area contributed by atoms with Gasteiger partial charge in [-0.05, 0) is 43.9 Å². The van der Waals surface area contributed by atoms with Crippen LogP contribution in [0.5, 0.6) is 0 Å². The summed E-state index contributed by atoms with van der Waals surface area (Å²) in [6.45, 7) is -0.107. The summed E-state index contributed by atoms with van der Waals surface area (Å²) in [6, 6.07) is 4.84. The number of carbonyl (C=O) groups excluding carboxylic acids is 3. The molecule has 4 amide bonds. The number of rotatable bonds is 10. The summed E-state index contributed by atoms with van der Waals surface area (Å²) in [5.41, 5.74) is 1.64. The second-order valence-electron chi connectivity index (χ2n) is 10.5. The van der Waals surface area contributed by atoms with Crippen LogP contribution in [0.2, 0.25) is 0 Å². The summed E-state index contributed by atoms with van der Waals surface area (Å²) in [7, 11) is 0. The number of anilines is 2. The molecule has 1 aromatic carbocycles. The minimum atomic E-state index is -0.337. The quantitative estimate of drug-likeness (QED) is 0.177. The Hall–Kier alpha value is -3.52. The van der Waals surface area contributed by atoms with Gasteiger partial charge >= 0.3 is 6.03 Å². The Kier molecular flexibility index (Phi) is 8.19. The van der Waals surface area contributed by atoms with E-state index in [-0.39, 0.29) is 48.3 Å². The number of carbonyl (C=O) groups is 3. The predicted octanol–water partition coefficient (Wildman–Crippen LogP) is 2.98. The molecule has 11 nitrogen and oxygen atoms in total. The van der Waals surface area contributed by atoms with Crippen LogP contribution in [-0.2, 0) is 22.4 Å². The second kappa shape index (κ2) is 12.1. The number of halogens is 1. The van der Waals surface area contributed by atoms with E-state index < -0.39 is 0 Å². The summed E-state index contributed by atoms with van der Waals surface area (Å²) in [5.74, 6) is 0.716. The van der Waals surface area contributed by atoms with Crippen LogP contribution in [0.1, 0.15) is 42.7 Å². The molecule has 1 aliphatic carbocycles. The molecule has 4 atom stereocenters. The fourth-order valence-corrected chi connectivity index (χ4v) is 8.24. The van der Waals surface area contributed by atoms with Crippen LogP contribution in [0.15, 0.2) is 24.5 Å². The molecule has 0 saturated carbocycles. The Morgan fingerprint density at radius 2 is 2.05 bits per heavy atom. The lowest BCUT2D eigenvalue weighted by atomic mass is 9.97. The lowest BCUT2D eigenvalue weighted by molar-refractivity contribution is -0.124. The molecule has 4 unspecified atom stereocenters. The lowest BCUT2D eigenvalue weighted by Gasteiger charge is -2.23. The van der Waals surface area contributed by atoms with Gasteiger partial charge in [0.05, 0.1) is 29.8 Å². The van der Waals surface area contributed by atoms with Gasteiger partial charge in [-0.15, -0.1) is 11.3 Å². The van der Waals surface area contributed by atoms with Gasteiger partial charge in [0.1, 0.15) is 18.0 Å². The number of hydrogen-bond donors (Lipinski definition) is 5. The highest BCUT2D eigenvalue weighted by Crippen LogP contribution is 2.34. The van der Waals surface area contributed by atoms with Gasteiger partial charge in [-0.2, -0.15) is 11.8 Å². The number of hydrogen-bond acceptors (Lipinski definition) is 9.